The van der Waals surface area contributed by atoms with E-state index in [1.807, 2.05) is 20.1 Å². The van der Waals surface area contributed by atoms with Gasteiger partial charge >= 0.3 is 11.9 Å². The predicted octanol–water partition coefficient (Wildman–Crippen LogP) is -0.553. The van der Waals surface area contributed by atoms with Gasteiger partial charge in [0.25, 0.3) is 0 Å². The van der Waals surface area contributed by atoms with Crippen molar-refractivity contribution in [1.29, 1.82) is 0 Å². The van der Waals surface area contributed by atoms with E-state index < -0.39 is 60.2 Å². The molecule has 11 nitrogen and oxygen atoms in total. The van der Waals surface area contributed by atoms with Crippen LogP contribution in [0, 0.1) is 5.92 Å². The summed E-state index contributed by atoms with van der Waals surface area (Å²) in [7, 11) is 0. The summed E-state index contributed by atoms with van der Waals surface area (Å²) in [6.45, 7) is 3.70. The van der Waals surface area contributed by atoms with Crippen molar-refractivity contribution in [1.82, 2.24) is 16.0 Å². The highest BCUT2D eigenvalue weighted by Crippen LogP contribution is 2.08. The normalized spacial score (nSPS) is 15.5. The third-order valence-electron chi connectivity index (χ3n) is 4.88. The fourth-order valence-electron chi connectivity index (χ4n) is 2.55. The van der Waals surface area contributed by atoms with E-state index in [1.165, 1.54) is 11.8 Å². The maximum atomic E-state index is 12.9. The molecule has 0 spiro atoms. The minimum absolute atomic E-state index is 0.109. The fourth-order valence-corrected chi connectivity index (χ4v) is 3.27. The molecule has 32 heavy (non-hydrogen) atoms. The quantitative estimate of drug-likeness (QED) is 0.138. The van der Waals surface area contributed by atoms with Gasteiger partial charge in [-0.05, 0) is 30.8 Å². The number of thiol groups is 1. The highest BCUT2D eigenvalue weighted by molar-refractivity contribution is 7.98. The lowest BCUT2D eigenvalue weighted by atomic mass is 9.99. The molecule has 0 aromatic heterocycles. The Morgan fingerprint density at radius 3 is 1.88 bits per heavy atom. The number of thioether (sulfide) groups is 1. The second-order valence-electron chi connectivity index (χ2n) is 7.33. The van der Waals surface area contributed by atoms with E-state index in [0.717, 1.165) is 0 Å². The molecule has 0 aliphatic carbocycles. The monoisotopic (exact) mass is 494 g/mol. The smallest absolute Gasteiger partial charge is 0.327 e. The molecule has 0 rings (SSSR count). The van der Waals surface area contributed by atoms with Crippen molar-refractivity contribution >= 4 is 54.1 Å². The number of carboxylic acids is 2. The van der Waals surface area contributed by atoms with E-state index in [2.05, 4.69) is 28.6 Å². The maximum Gasteiger partial charge on any atom is 0.327 e. The molecule has 0 heterocycles. The van der Waals surface area contributed by atoms with E-state index in [9.17, 15) is 24.0 Å². The molecule has 0 saturated heterocycles. The van der Waals surface area contributed by atoms with Gasteiger partial charge in [-0.15, -0.1) is 0 Å². The Morgan fingerprint density at radius 2 is 1.44 bits per heavy atom. The number of hydrogen-bond acceptors (Lipinski definition) is 8. The molecule has 0 aromatic rings. The van der Waals surface area contributed by atoms with Crippen molar-refractivity contribution in [3.05, 3.63) is 0 Å². The number of nitrogens with one attached hydrogen (secondary N) is 3. The summed E-state index contributed by atoms with van der Waals surface area (Å²) >= 11 is 5.32. The first-order valence-electron chi connectivity index (χ1n) is 10.2. The molecule has 5 unspecified atom stereocenters. The van der Waals surface area contributed by atoms with E-state index >= 15 is 0 Å². The van der Waals surface area contributed by atoms with Gasteiger partial charge in [-0.3, -0.25) is 19.2 Å². The minimum Gasteiger partial charge on any atom is -0.481 e. The second-order valence-corrected chi connectivity index (χ2v) is 8.68. The predicted molar refractivity (Wildman–Crippen MR) is 125 cm³/mol. The van der Waals surface area contributed by atoms with E-state index in [-0.39, 0.29) is 24.5 Å². The van der Waals surface area contributed by atoms with E-state index in [0.29, 0.717) is 12.2 Å². The highest BCUT2D eigenvalue weighted by atomic mass is 32.2. The van der Waals surface area contributed by atoms with Gasteiger partial charge in [-0.25, -0.2) is 4.79 Å². The molecular formula is C19H34N4O7S2. The van der Waals surface area contributed by atoms with Crippen LogP contribution in [0.4, 0.5) is 0 Å². The van der Waals surface area contributed by atoms with Gasteiger partial charge in [0.15, 0.2) is 0 Å². The second kappa shape index (κ2) is 15.8. The van der Waals surface area contributed by atoms with Crippen LogP contribution in [0.5, 0.6) is 0 Å². The lowest BCUT2D eigenvalue weighted by Crippen LogP contribution is -2.58. The zero-order chi connectivity index (χ0) is 24.8. The third-order valence-corrected chi connectivity index (χ3v) is 5.89. The van der Waals surface area contributed by atoms with Crippen LogP contribution in [0.3, 0.4) is 0 Å². The van der Waals surface area contributed by atoms with Gasteiger partial charge in [0.05, 0.1) is 6.04 Å². The molecule has 13 heteroatoms. The van der Waals surface area contributed by atoms with Gasteiger partial charge < -0.3 is 31.9 Å². The van der Waals surface area contributed by atoms with Crippen molar-refractivity contribution in [2.75, 3.05) is 17.8 Å². The maximum absolute atomic E-state index is 12.9. The zero-order valence-electron chi connectivity index (χ0n) is 18.5. The van der Waals surface area contributed by atoms with Gasteiger partial charge in [0.1, 0.15) is 18.1 Å². The van der Waals surface area contributed by atoms with E-state index in [1.54, 1.807) is 0 Å². The summed E-state index contributed by atoms with van der Waals surface area (Å²) in [6.07, 6.45) is 2.06. The Balaban J connectivity index is 5.46. The Labute approximate surface area is 197 Å². The van der Waals surface area contributed by atoms with Crippen LogP contribution in [0.15, 0.2) is 0 Å². The fraction of sp³-hybridized carbons (Fsp3) is 0.737. The van der Waals surface area contributed by atoms with Gasteiger partial charge in [-0.2, -0.15) is 24.4 Å². The summed E-state index contributed by atoms with van der Waals surface area (Å²) in [6, 6.07) is -4.43. The lowest BCUT2D eigenvalue weighted by molar-refractivity contribution is -0.142. The first-order chi connectivity index (χ1) is 15.0. The number of hydrogen-bond donors (Lipinski definition) is 7. The van der Waals surface area contributed by atoms with Crippen molar-refractivity contribution in [3.63, 3.8) is 0 Å². The molecule has 0 aliphatic heterocycles. The Kier molecular flexibility index (Phi) is 14.8. The average molecular weight is 495 g/mol. The molecule has 0 fully saturated rings. The van der Waals surface area contributed by atoms with Crippen LogP contribution in [0.1, 0.15) is 39.5 Å². The number of carbonyl (C=O) groups is 5. The Bertz CT molecular complexity index is 666. The van der Waals surface area contributed by atoms with Gasteiger partial charge in [0.2, 0.25) is 17.7 Å². The molecule has 0 bridgehead atoms. The van der Waals surface area contributed by atoms with Crippen LogP contribution in [-0.4, -0.2) is 81.8 Å². The number of amides is 3. The average Bonchev–Trinajstić information content (AvgIpc) is 2.75. The van der Waals surface area contributed by atoms with Crippen molar-refractivity contribution < 1.29 is 34.2 Å². The molecule has 0 aromatic carbocycles. The van der Waals surface area contributed by atoms with Crippen molar-refractivity contribution in [2.24, 2.45) is 11.7 Å². The molecule has 0 aliphatic rings. The number of rotatable bonds is 16. The highest BCUT2D eigenvalue weighted by Gasteiger charge is 2.30. The standard InChI is InChI=1S/C19H34N4O7S2/c1-4-10(2)15(20)18(28)22-12(7-8-32-3)17(27)21-11(5-6-14(24)25)16(26)23-13(9-31)19(29)30/h10-13,15,31H,4-9,20H2,1-3H3,(H,21,27)(H,22,28)(H,23,26)(H,24,25)(H,29,30). The summed E-state index contributed by atoms with van der Waals surface area (Å²) in [5, 5.41) is 25.3. The van der Waals surface area contributed by atoms with Crippen molar-refractivity contribution in [2.45, 2.75) is 63.7 Å². The van der Waals surface area contributed by atoms with Crippen LogP contribution < -0.4 is 21.7 Å². The molecule has 5 atom stereocenters. The summed E-state index contributed by atoms with van der Waals surface area (Å²) in [5.74, 6) is -4.33. The van der Waals surface area contributed by atoms with Gasteiger partial charge in [0, 0.05) is 12.2 Å². The largest absolute Gasteiger partial charge is 0.481 e. The molecule has 7 N–H and O–H groups in total. The number of carboxylic acid groups (broad SMARTS) is 2. The van der Waals surface area contributed by atoms with Crippen LogP contribution >= 0.6 is 24.4 Å². The topological polar surface area (TPSA) is 188 Å². The SMILES string of the molecule is CCC(C)C(N)C(=O)NC(CCSC)C(=O)NC(CCC(=O)O)C(=O)NC(CS)C(=O)O. The first-order valence-corrected chi connectivity index (χ1v) is 12.2. The zero-order valence-corrected chi connectivity index (χ0v) is 20.2. The third kappa shape index (κ3) is 11.0. The Morgan fingerprint density at radius 1 is 0.938 bits per heavy atom. The molecule has 184 valence electrons. The van der Waals surface area contributed by atoms with Crippen LogP contribution in [0.25, 0.3) is 0 Å². The number of aliphatic carboxylic acids is 2. The van der Waals surface area contributed by atoms with Crippen molar-refractivity contribution in [3.8, 4) is 0 Å². The number of carbonyl (C=O) groups excluding carboxylic acids is 3. The molecule has 3 amide bonds. The number of nitrogens with two attached hydrogens (primary N) is 1. The molecule has 0 radical (unpaired) electrons. The summed E-state index contributed by atoms with van der Waals surface area (Å²) in [5.41, 5.74) is 5.94. The minimum atomic E-state index is -1.32. The van der Waals surface area contributed by atoms with Gasteiger partial charge in [-0.1, -0.05) is 20.3 Å². The molecule has 0 saturated carbocycles. The van der Waals surface area contributed by atoms with Crippen LogP contribution in [-0.2, 0) is 24.0 Å². The first kappa shape index (κ1) is 30.0. The molecular weight excluding hydrogens is 460 g/mol. The summed E-state index contributed by atoms with van der Waals surface area (Å²) in [4.78, 5) is 60.0. The summed E-state index contributed by atoms with van der Waals surface area (Å²) < 4.78 is 0. The lowest BCUT2D eigenvalue weighted by Gasteiger charge is -2.25. The van der Waals surface area contributed by atoms with E-state index in [4.69, 9.17) is 15.9 Å². The van der Waals surface area contributed by atoms with Crippen LogP contribution in [0.2, 0.25) is 0 Å². The Hall–Kier alpha value is -1.99.